The maximum absolute atomic E-state index is 5.53. The Bertz CT molecular complexity index is 955. The third-order valence-electron chi connectivity index (χ3n) is 5.39. The number of rotatable bonds is 9. The fourth-order valence-electron chi connectivity index (χ4n) is 3.75. The molecule has 0 saturated carbocycles. The summed E-state index contributed by atoms with van der Waals surface area (Å²) in [5.74, 6) is 3.44. The maximum atomic E-state index is 5.53. The molecule has 3 aromatic rings. The maximum Gasteiger partial charge on any atom is 0.191 e. The van der Waals surface area contributed by atoms with Gasteiger partial charge in [0.15, 0.2) is 5.16 Å². The van der Waals surface area contributed by atoms with Crippen LogP contribution in [0.3, 0.4) is 0 Å². The Morgan fingerprint density at radius 2 is 1.73 bits per heavy atom. The molecule has 0 unspecified atom stereocenters. The smallest absolute Gasteiger partial charge is 0.191 e. The van der Waals surface area contributed by atoms with Gasteiger partial charge in [0, 0.05) is 11.3 Å². The first-order valence-corrected chi connectivity index (χ1v) is 11.3. The molecule has 1 aliphatic rings. The second-order valence-electron chi connectivity index (χ2n) is 7.42. The fourth-order valence-corrected chi connectivity index (χ4v) is 4.68. The lowest BCUT2D eigenvalue weighted by molar-refractivity contribution is 0.316. The quantitative estimate of drug-likeness (QED) is 0.479. The van der Waals surface area contributed by atoms with Crippen molar-refractivity contribution < 1.29 is 9.47 Å². The molecule has 6 nitrogen and oxygen atoms in total. The van der Waals surface area contributed by atoms with Gasteiger partial charge in [-0.05, 0) is 49.7 Å². The Hall–Kier alpha value is -2.51. The van der Waals surface area contributed by atoms with Gasteiger partial charge >= 0.3 is 0 Å². The van der Waals surface area contributed by atoms with Crippen LogP contribution in [0.4, 0.5) is 0 Å². The summed E-state index contributed by atoms with van der Waals surface area (Å²) in [4.78, 5) is 2.46. The van der Waals surface area contributed by atoms with E-state index in [4.69, 9.17) is 9.47 Å². The van der Waals surface area contributed by atoms with Crippen molar-refractivity contribution in [3.8, 4) is 11.5 Å². The molecule has 30 heavy (non-hydrogen) atoms. The lowest BCUT2D eigenvalue weighted by Gasteiger charge is -2.16. The van der Waals surface area contributed by atoms with E-state index in [1.807, 2.05) is 24.3 Å². The van der Waals surface area contributed by atoms with Crippen molar-refractivity contribution in [2.45, 2.75) is 36.8 Å². The average Bonchev–Trinajstić information content (AvgIpc) is 3.43. The van der Waals surface area contributed by atoms with Crippen LogP contribution < -0.4 is 9.47 Å². The first kappa shape index (κ1) is 20.8. The molecule has 158 valence electrons. The Kier molecular flexibility index (Phi) is 6.92. The highest BCUT2D eigenvalue weighted by Crippen LogP contribution is 2.31. The number of hydrogen-bond acceptors (Lipinski definition) is 6. The van der Waals surface area contributed by atoms with Crippen molar-refractivity contribution in [1.82, 2.24) is 19.7 Å². The average molecular weight is 425 g/mol. The zero-order chi connectivity index (χ0) is 20.8. The van der Waals surface area contributed by atoms with Gasteiger partial charge in [0.1, 0.15) is 17.3 Å². The van der Waals surface area contributed by atoms with Crippen molar-refractivity contribution in [2.24, 2.45) is 0 Å². The van der Waals surface area contributed by atoms with Crippen LogP contribution in [-0.2, 0) is 18.8 Å². The molecule has 0 spiro atoms. The van der Waals surface area contributed by atoms with Crippen LogP contribution in [0.1, 0.15) is 29.8 Å². The third kappa shape index (κ3) is 4.96. The molecular formula is C23H28N4O2S. The second-order valence-corrected chi connectivity index (χ2v) is 8.36. The zero-order valence-electron chi connectivity index (χ0n) is 17.6. The van der Waals surface area contributed by atoms with Gasteiger partial charge in [-0.15, -0.1) is 10.2 Å². The highest BCUT2D eigenvalue weighted by molar-refractivity contribution is 7.98. The minimum Gasteiger partial charge on any atom is -0.497 e. The van der Waals surface area contributed by atoms with Gasteiger partial charge < -0.3 is 14.0 Å². The Morgan fingerprint density at radius 1 is 0.933 bits per heavy atom. The standard InChI is InChI=1S/C23H28N4O2S/c1-28-20-10-11-21(29-2)19(14-20)17-30-23-25-24-22(16-26-12-6-7-13-26)27(23)15-18-8-4-3-5-9-18/h3-5,8-11,14H,6-7,12-13,15-17H2,1-2H3. The van der Waals surface area contributed by atoms with Crippen LogP contribution in [-0.4, -0.2) is 47.0 Å². The SMILES string of the molecule is COc1ccc(OC)c(CSc2nnc(CN3CCCC3)n2Cc2ccccc2)c1. The molecule has 1 saturated heterocycles. The second kappa shape index (κ2) is 10.00. The summed E-state index contributed by atoms with van der Waals surface area (Å²) in [7, 11) is 3.38. The van der Waals surface area contributed by atoms with Crippen LogP contribution in [0.25, 0.3) is 0 Å². The molecule has 7 heteroatoms. The first-order chi connectivity index (χ1) is 14.8. The topological polar surface area (TPSA) is 52.4 Å². The van der Waals surface area contributed by atoms with Crippen LogP contribution in [0.5, 0.6) is 11.5 Å². The summed E-state index contributed by atoms with van der Waals surface area (Å²) in [6.07, 6.45) is 2.54. The lowest BCUT2D eigenvalue weighted by atomic mass is 10.2. The van der Waals surface area contributed by atoms with Gasteiger partial charge in [-0.25, -0.2) is 0 Å². The summed E-state index contributed by atoms with van der Waals surface area (Å²) in [5.41, 5.74) is 2.33. The van der Waals surface area contributed by atoms with Crippen LogP contribution >= 0.6 is 11.8 Å². The van der Waals surface area contributed by atoms with E-state index in [0.717, 1.165) is 60.0 Å². The first-order valence-electron chi connectivity index (χ1n) is 10.3. The highest BCUT2D eigenvalue weighted by Gasteiger charge is 2.19. The summed E-state index contributed by atoms with van der Waals surface area (Å²) in [5, 5.41) is 10.0. The van der Waals surface area contributed by atoms with Crippen LogP contribution in [0.2, 0.25) is 0 Å². The van der Waals surface area contributed by atoms with Crippen molar-refractivity contribution in [2.75, 3.05) is 27.3 Å². The molecule has 0 radical (unpaired) electrons. The van der Waals surface area contributed by atoms with Gasteiger partial charge in [0.25, 0.3) is 0 Å². The Labute approximate surface area is 182 Å². The lowest BCUT2D eigenvalue weighted by Crippen LogP contribution is -2.21. The van der Waals surface area contributed by atoms with E-state index in [-0.39, 0.29) is 0 Å². The molecule has 0 atom stereocenters. The molecule has 2 heterocycles. The molecule has 1 fully saturated rings. The summed E-state index contributed by atoms with van der Waals surface area (Å²) < 4.78 is 13.2. The normalized spacial score (nSPS) is 14.2. The highest BCUT2D eigenvalue weighted by atomic mass is 32.2. The molecular weight excluding hydrogens is 396 g/mol. The minimum atomic E-state index is 0.733. The predicted octanol–water partition coefficient (Wildman–Crippen LogP) is 4.23. The summed E-state index contributed by atoms with van der Waals surface area (Å²) >= 11 is 1.68. The van der Waals surface area contributed by atoms with E-state index in [2.05, 4.69) is 43.9 Å². The zero-order valence-corrected chi connectivity index (χ0v) is 18.4. The van der Waals surface area contributed by atoms with Gasteiger partial charge in [-0.3, -0.25) is 4.90 Å². The van der Waals surface area contributed by atoms with E-state index < -0.39 is 0 Å². The van der Waals surface area contributed by atoms with Crippen molar-refractivity contribution in [1.29, 1.82) is 0 Å². The van der Waals surface area contributed by atoms with E-state index in [0.29, 0.717) is 0 Å². The molecule has 0 N–H and O–H groups in total. The van der Waals surface area contributed by atoms with Crippen molar-refractivity contribution in [3.63, 3.8) is 0 Å². The third-order valence-corrected chi connectivity index (χ3v) is 6.40. The number of ether oxygens (including phenoxy) is 2. The summed E-state index contributed by atoms with van der Waals surface area (Å²) in [6, 6.07) is 16.4. The van der Waals surface area contributed by atoms with Crippen LogP contribution in [0, 0.1) is 0 Å². The minimum absolute atomic E-state index is 0.733. The molecule has 0 aliphatic carbocycles. The Balaban J connectivity index is 1.57. The van der Waals surface area contributed by atoms with Crippen molar-refractivity contribution >= 4 is 11.8 Å². The molecule has 0 amide bonds. The van der Waals surface area contributed by atoms with Crippen LogP contribution in [0.15, 0.2) is 53.7 Å². The number of hydrogen-bond donors (Lipinski definition) is 0. The van der Waals surface area contributed by atoms with Crippen molar-refractivity contribution in [3.05, 3.63) is 65.5 Å². The number of nitrogens with zero attached hydrogens (tertiary/aromatic N) is 4. The number of likely N-dealkylation sites (tertiary alicyclic amines) is 1. The van der Waals surface area contributed by atoms with Gasteiger partial charge in [-0.2, -0.15) is 0 Å². The largest absolute Gasteiger partial charge is 0.497 e. The molecule has 1 aromatic heterocycles. The molecule has 4 rings (SSSR count). The van der Waals surface area contributed by atoms with E-state index in [1.165, 1.54) is 18.4 Å². The van der Waals surface area contributed by atoms with Gasteiger partial charge in [-0.1, -0.05) is 42.1 Å². The predicted molar refractivity (Wildman–Crippen MR) is 119 cm³/mol. The van der Waals surface area contributed by atoms with Gasteiger partial charge in [0.05, 0.1) is 27.3 Å². The summed E-state index contributed by atoms with van der Waals surface area (Å²) in [6.45, 7) is 3.90. The Morgan fingerprint density at radius 3 is 2.47 bits per heavy atom. The number of aromatic nitrogens is 3. The molecule has 1 aliphatic heterocycles. The van der Waals surface area contributed by atoms with E-state index in [1.54, 1.807) is 26.0 Å². The monoisotopic (exact) mass is 424 g/mol. The van der Waals surface area contributed by atoms with E-state index >= 15 is 0 Å². The number of methoxy groups -OCH3 is 2. The molecule has 0 bridgehead atoms. The number of benzene rings is 2. The fraction of sp³-hybridized carbons (Fsp3) is 0.391. The molecule has 2 aromatic carbocycles. The van der Waals surface area contributed by atoms with Gasteiger partial charge in [0.2, 0.25) is 0 Å². The number of thioether (sulfide) groups is 1. The van der Waals surface area contributed by atoms with E-state index in [9.17, 15) is 0 Å².